The molecule has 1 aromatic carbocycles. The van der Waals surface area contributed by atoms with Crippen LogP contribution in [0.25, 0.3) is 5.82 Å². The Morgan fingerprint density at radius 1 is 1.12 bits per heavy atom. The Hall–Kier alpha value is -3.22. The van der Waals surface area contributed by atoms with Crippen LogP contribution in [0, 0.1) is 13.8 Å². The third-order valence-electron chi connectivity index (χ3n) is 3.52. The van der Waals surface area contributed by atoms with Crippen molar-refractivity contribution in [1.29, 1.82) is 0 Å². The molecule has 0 fully saturated rings. The Balaban J connectivity index is 1.80. The lowest BCUT2D eigenvalue weighted by Crippen LogP contribution is -2.05. The molecule has 0 spiro atoms. The van der Waals surface area contributed by atoms with Gasteiger partial charge in [-0.3, -0.25) is 9.36 Å². The minimum Gasteiger partial charge on any atom is -0.439 e. The Labute approximate surface area is 139 Å². The smallest absolute Gasteiger partial charge is 0.224 e. The van der Waals surface area contributed by atoms with Gasteiger partial charge in [-0.05, 0) is 38.1 Å². The summed E-state index contributed by atoms with van der Waals surface area (Å²) in [4.78, 5) is 23.7. The molecular weight excluding hydrogens is 306 g/mol. The summed E-state index contributed by atoms with van der Waals surface area (Å²) in [5.74, 6) is 1.62. The molecule has 0 atom stereocenters. The molecule has 0 bridgehead atoms. The number of nitrogens with one attached hydrogen (secondary N) is 1. The molecule has 3 rings (SSSR count). The van der Waals surface area contributed by atoms with E-state index in [4.69, 9.17) is 4.74 Å². The second-order valence-corrected chi connectivity index (χ2v) is 5.31. The largest absolute Gasteiger partial charge is 0.439 e. The van der Waals surface area contributed by atoms with Crippen LogP contribution in [0.3, 0.4) is 0 Å². The van der Waals surface area contributed by atoms with E-state index in [1.807, 2.05) is 18.4 Å². The first kappa shape index (κ1) is 15.7. The van der Waals surface area contributed by atoms with E-state index in [1.54, 1.807) is 36.7 Å². The number of hydrogen-bond donors (Lipinski definition) is 1. The highest BCUT2D eigenvalue weighted by molar-refractivity contribution is 5.88. The lowest BCUT2D eigenvalue weighted by atomic mass is 10.3. The van der Waals surface area contributed by atoms with E-state index in [1.165, 1.54) is 13.3 Å². The molecule has 2 heterocycles. The van der Waals surface area contributed by atoms with Crippen molar-refractivity contribution >= 4 is 11.6 Å². The van der Waals surface area contributed by atoms with Crippen LogP contribution in [0.4, 0.5) is 5.69 Å². The van der Waals surface area contributed by atoms with Gasteiger partial charge in [-0.15, -0.1) is 0 Å². The molecule has 0 aliphatic rings. The van der Waals surface area contributed by atoms with Crippen LogP contribution in [-0.2, 0) is 4.79 Å². The van der Waals surface area contributed by atoms with Crippen LogP contribution in [0.5, 0.6) is 11.6 Å². The summed E-state index contributed by atoms with van der Waals surface area (Å²) in [7, 11) is 0. The van der Waals surface area contributed by atoms with Crippen molar-refractivity contribution < 1.29 is 9.53 Å². The molecule has 3 aromatic rings. The van der Waals surface area contributed by atoms with E-state index in [0.29, 0.717) is 23.1 Å². The van der Waals surface area contributed by atoms with E-state index in [9.17, 15) is 4.79 Å². The van der Waals surface area contributed by atoms with Gasteiger partial charge in [0.1, 0.15) is 24.2 Å². The van der Waals surface area contributed by atoms with Crippen molar-refractivity contribution in [1.82, 2.24) is 19.5 Å². The predicted octanol–water partition coefficient (Wildman–Crippen LogP) is 3.03. The number of aromatic nitrogens is 4. The number of ether oxygens (including phenoxy) is 1. The number of hydrogen-bond acceptors (Lipinski definition) is 5. The maximum Gasteiger partial charge on any atom is 0.224 e. The van der Waals surface area contributed by atoms with Crippen molar-refractivity contribution in [3.8, 4) is 17.4 Å². The first-order valence-corrected chi connectivity index (χ1v) is 7.41. The molecule has 0 saturated heterocycles. The summed E-state index contributed by atoms with van der Waals surface area (Å²) in [6.45, 7) is 5.39. The highest BCUT2D eigenvalue weighted by Gasteiger charge is 2.08. The molecule has 0 radical (unpaired) electrons. The normalized spacial score (nSPS) is 10.5. The van der Waals surface area contributed by atoms with Crippen LogP contribution in [0.15, 0.2) is 43.0 Å². The number of imidazole rings is 1. The second kappa shape index (κ2) is 6.49. The fourth-order valence-corrected chi connectivity index (χ4v) is 2.18. The Morgan fingerprint density at radius 2 is 1.88 bits per heavy atom. The molecule has 1 amide bonds. The highest BCUT2D eigenvalue weighted by Crippen LogP contribution is 2.23. The van der Waals surface area contributed by atoms with E-state index in [-0.39, 0.29) is 5.91 Å². The van der Waals surface area contributed by atoms with Gasteiger partial charge in [0.2, 0.25) is 11.8 Å². The molecular formula is C17H17N5O2. The molecule has 122 valence electrons. The number of aryl methyl sites for hydroxylation is 1. The number of anilines is 1. The Bertz CT molecular complexity index is 871. The summed E-state index contributed by atoms with van der Waals surface area (Å²) < 4.78 is 7.63. The fourth-order valence-electron chi connectivity index (χ4n) is 2.18. The van der Waals surface area contributed by atoms with Crippen molar-refractivity contribution in [3.05, 3.63) is 54.4 Å². The number of carbonyl (C=O) groups excluding carboxylic acids is 1. The van der Waals surface area contributed by atoms with Gasteiger partial charge in [0, 0.05) is 24.4 Å². The van der Waals surface area contributed by atoms with Gasteiger partial charge in [0.05, 0.1) is 5.69 Å². The van der Waals surface area contributed by atoms with Gasteiger partial charge < -0.3 is 10.1 Å². The molecule has 24 heavy (non-hydrogen) atoms. The van der Waals surface area contributed by atoms with Crippen molar-refractivity contribution in [2.45, 2.75) is 20.8 Å². The molecule has 0 unspecified atom stereocenters. The standard InChI is InChI=1S/C17H17N5O2/c1-11-12(2)22(10-20-11)16-8-17(19-9-18-16)24-15-6-4-14(5-7-15)21-13(3)23/h4-10H,1-3H3,(H,21,23). The predicted molar refractivity (Wildman–Crippen MR) is 89.4 cm³/mol. The number of rotatable bonds is 4. The second-order valence-electron chi connectivity index (χ2n) is 5.31. The number of carbonyl (C=O) groups is 1. The molecule has 7 nitrogen and oxygen atoms in total. The van der Waals surface area contributed by atoms with Crippen LogP contribution in [0.1, 0.15) is 18.3 Å². The quantitative estimate of drug-likeness (QED) is 0.798. The first-order valence-electron chi connectivity index (χ1n) is 7.41. The van der Waals surface area contributed by atoms with E-state index < -0.39 is 0 Å². The maximum atomic E-state index is 11.0. The summed E-state index contributed by atoms with van der Waals surface area (Å²) in [6, 6.07) is 8.81. The Morgan fingerprint density at radius 3 is 2.50 bits per heavy atom. The SMILES string of the molecule is CC(=O)Nc1ccc(Oc2cc(-n3cnc(C)c3C)ncn2)cc1. The highest BCUT2D eigenvalue weighted by atomic mass is 16.5. The number of amides is 1. The monoisotopic (exact) mass is 323 g/mol. The minimum absolute atomic E-state index is 0.116. The van der Waals surface area contributed by atoms with Crippen LogP contribution < -0.4 is 10.1 Å². The van der Waals surface area contributed by atoms with Crippen molar-refractivity contribution in [3.63, 3.8) is 0 Å². The minimum atomic E-state index is -0.116. The van der Waals surface area contributed by atoms with Crippen molar-refractivity contribution in [2.75, 3.05) is 5.32 Å². The van der Waals surface area contributed by atoms with Gasteiger partial charge >= 0.3 is 0 Å². The number of nitrogens with zero attached hydrogens (tertiary/aromatic N) is 4. The third-order valence-corrected chi connectivity index (χ3v) is 3.52. The summed E-state index contributed by atoms with van der Waals surface area (Å²) in [5.41, 5.74) is 2.67. The van der Waals surface area contributed by atoms with Crippen LogP contribution in [-0.4, -0.2) is 25.4 Å². The average Bonchev–Trinajstić information content (AvgIpc) is 2.89. The summed E-state index contributed by atoms with van der Waals surface area (Å²) >= 11 is 0. The van der Waals surface area contributed by atoms with E-state index >= 15 is 0 Å². The van der Waals surface area contributed by atoms with Gasteiger partial charge in [-0.25, -0.2) is 15.0 Å². The lowest BCUT2D eigenvalue weighted by Gasteiger charge is -2.08. The van der Waals surface area contributed by atoms with E-state index in [0.717, 1.165) is 11.4 Å². The average molecular weight is 323 g/mol. The third kappa shape index (κ3) is 3.40. The number of benzene rings is 1. The molecule has 0 aliphatic carbocycles. The topological polar surface area (TPSA) is 81.9 Å². The van der Waals surface area contributed by atoms with Gasteiger partial charge in [0.25, 0.3) is 0 Å². The zero-order valence-corrected chi connectivity index (χ0v) is 13.6. The lowest BCUT2D eigenvalue weighted by molar-refractivity contribution is -0.114. The van der Waals surface area contributed by atoms with Gasteiger partial charge in [0.15, 0.2) is 0 Å². The summed E-state index contributed by atoms with van der Waals surface area (Å²) in [5, 5.41) is 2.70. The maximum absolute atomic E-state index is 11.0. The first-order chi connectivity index (χ1) is 11.5. The van der Waals surface area contributed by atoms with Gasteiger partial charge in [-0.2, -0.15) is 0 Å². The molecule has 2 aromatic heterocycles. The van der Waals surface area contributed by atoms with E-state index in [2.05, 4.69) is 20.3 Å². The fraction of sp³-hybridized carbons (Fsp3) is 0.176. The molecule has 0 aliphatic heterocycles. The Kier molecular flexibility index (Phi) is 4.24. The van der Waals surface area contributed by atoms with Gasteiger partial charge in [-0.1, -0.05) is 0 Å². The zero-order valence-electron chi connectivity index (χ0n) is 13.6. The zero-order chi connectivity index (χ0) is 17.1. The molecule has 0 saturated carbocycles. The molecule has 7 heteroatoms. The summed E-state index contributed by atoms with van der Waals surface area (Å²) in [6.07, 6.45) is 3.17. The van der Waals surface area contributed by atoms with Crippen LogP contribution >= 0.6 is 0 Å². The van der Waals surface area contributed by atoms with Crippen LogP contribution in [0.2, 0.25) is 0 Å². The molecule has 1 N–H and O–H groups in total. The van der Waals surface area contributed by atoms with Crippen molar-refractivity contribution in [2.24, 2.45) is 0 Å².